The Morgan fingerprint density at radius 3 is 2.45 bits per heavy atom. The molecule has 0 aliphatic carbocycles. The Morgan fingerprint density at radius 2 is 1.79 bits per heavy atom. The lowest BCUT2D eigenvalue weighted by Crippen LogP contribution is -2.52. The zero-order valence-electron chi connectivity index (χ0n) is 16.6. The van der Waals surface area contributed by atoms with Crippen LogP contribution in [-0.2, 0) is 6.54 Å². The quantitative estimate of drug-likeness (QED) is 0.529. The summed E-state index contributed by atoms with van der Waals surface area (Å²) in [5.74, 6) is 1.24. The molecule has 0 bridgehead atoms. The molecule has 2 heterocycles. The summed E-state index contributed by atoms with van der Waals surface area (Å²) in [6.45, 7) is 4.11. The van der Waals surface area contributed by atoms with Crippen LogP contribution in [0.3, 0.4) is 0 Å². The monoisotopic (exact) mass is 390 g/mol. The Balaban J connectivity index is 1.32. The number of aromatic hydroxyl groups is 1. The third-order valence-corrected chi connectivity index (χ3v) is 5.17. The lowest BCUT2D eigenvalue weighted by molar-refractivity contribution is 0.369. The largest absolute Gasteiger partial charge is 0.506 e. The number of rotatable bonds is 4. The highest BCUT2D eigenvalue weighted by atomic mass is 16.3. The minimum atomic E-state index is 0.335. The fourth-order valence-electron chi connectivity index (χ4n) is 3.59. The maximum atomic E-state index is 10.1. The Morgan fingerprint density at radius 1 is 1.03 bits per heavy atom. The molecule has 4 rings (SSSR count). The maximum absolute atomic E-state index is 10.1. The molecule has 0 amide bonds. The Labute approximate surface area is 170 Å². The first-order chi connectivity index (χ1) is 14.2. The van der Waals surface area contributed by atoms with Crippen LogP contribution in [0.1, 0.15) is 5.56 Å². The molecule has 0 atom stereocenters. The predicted octanol–water partition coefficient (Wildman–Crippen LogP) is 2.48. The summed E-state index contributed by atoms with van der Waals surface area (Å²) in [5, 5.41) is 17.8. The van der Waals surface area contributed by atoms with Crippen LogP contribution in [0.15, 0.2) is 72.0 Å². The smallest absolute Gasteiger partial charge is 0.194 e. The van der Waals surface area contributed by atoms with Crippen molar-refractivity contribution in [3.05, 3.63) is 72.6 Å². The number of para-hydroxylation sites is 2. The van der Waals surface area contributed by atoms with E-state index < -0.39 is 0 Å². The molecule has 1 aromatic heterocycles. The van der Waals surface area contributed by atoms with Gasteiger partial charge in [-0.05, 0) is 35.9 Å². The minimum absolute atomic E-state index is 0.335. The van der Waals surface area contributed by atoms with Crippen molar-refractivity contribution in [3.8, 4) is 11.4 Å². The van der Waals surface area contributed by atoms with Gasteiger partial charge in [0.05, 0.1) is 11.4 Å². The van der Waals surface area contributed by atoms with Crippen molar-refractivity contribution in [2.45, 2.75) is 6.54 Å². The van der Waals surface area contributed by atoms with Crippen LogP contribution < -0.4 is 10.2 Å². The van der Waals surface area contributed by atoms with E-state index in [9.17, 15) is 5.11 Å². The highest BCUT2D eigenvalue weighted by molar-refractivity contribution is 5.80. The molecule has 29 heavy (non-hydrogen) atoms. The van der Waals surface area contributed by atoms with Gasteiger partial charge in [0.2, 0.25) is 0 Å². The third kappa shape index (κ3) is 4.34. The number of piperazine rings is 1. The average molecular weight is 390 g/mol. The van der Waals surface area contributed by atoms with E-state index in [1.807, 2.05) is 42.2 Å². The van der Waals surface area contributed by atoms with Crippen molar-refractivity contribution in [3.63, 3.8) is 0 Å². The van der Waals surface area contributed by atoms with E-state index in [0.717, 1.165) is 43.5 Å². The van der Waals surface area contributed by atoms with Gasteiger partial charge in [0, 0.05) is 52.2 Å². The first-order valence-electron chi connectivity index (χ1n) is 9.82. The molecule has 1 aliphatic heterocycles. The van der Waals surface area contributed by atoms with Crippen molar-refractivity contribution in [2.24, 2.45) is 4.99 Å². The standard InChI is InChI=1S/C22H26N6O/c1-23-22(24-17-18-7-9-19(10-8-18)28-12-4-11-25-28)27-15-13-26(14-16-27)20-5-2-3-6-21(20)29/h2-12,29H,13-17H2,1H3,(H,23,24). The zero-order chi connectivity index (χ0) is 20.1. The number of guanidine groups is 1. The molecule has 1 aliphatic rings. The van der Waals surface area contributed by atoms with Gasteiger partial charge in [-0.1, -0.05) is 24.3 Å². The van der Waals surface area contributed by atoms with E-state index >= 15 is 0 Å². The van der Waals surface area contributed by atoms with Crippen LogP contribution in [0.5, 0.6) is 5.75 Å². The fourth-order valence-corrected chi connectivity index (χ4v) is 3.59. The summed E-state index contributed by atoms with van der Waals surface area (Å²) in [5.41, 5.74) is 3.13. The van der Waals surface area contributed by atoms with Gasteiger partial charge in [-0.2, -0.15) is 5.10 Å². The lowest BCUT2D eigenvalue weighted by Gasteiger charge is -2.37. The van der Waals surface area contributed by atoms with Gasteiger partial charge < -0.3 is 20.2 Å². The lowest BCUT2D eigenvalue weighted by atomic mass is 10.2. The van der Waals surface area contributed by atoms with Crippen LogP contribution in [0, 0.1) is 0 Å². The molecular weight excluding hydrogens is 364 g/mol. The summed E-state index contributed by atoms with van der Waals surface area (Å²) in [6, 6.07) is 17.8. The number of phenols is 1. The molecule has 2 aromatic carbocycles. The Hall–Kier alpha value is -3.48. The van der Waals surface area contributed by atoms with Crippen molar-refractivity contribution < 1.29 is 5.11 Å². The minimum Gasteiger partial charge on any atom is -0.506 e. The summed E-state index contributed by atoms with van der Waals surface area (Å²) in [4.78, 5) is 8.92. The molecule has 3 aromatic rings. The second kappa shape index (κ2) is 8.68. The van der Waals surface area contributed by atoms with Crippen molar-refractivity contribution in [2.75, 3.05) is 38.1 Å². The van der Waals surface area contributed by atoms with E-state index in [0.29, 0.717) is 12.3 Å². The summed E-state index contributed by atoms with van der Waals surface area (Å²) in [7, 11) is 1.82. The first-order valence-corrected chi connectivity index (χ1v) is 9.82. The molecule has 0 radical (unpaired) electrons. The Kier molecular flexibility index (Phi) is 5.65. The van der Waals surface area contributed by atoms with E-state index in [2.05, 4.69) is 49.5 Å². The van der Waals surface area contributed by atoms with E-state index in [4.69, 9.17) is 0 Å². The summed E-state index contributed by atoms with van der Waals surface area (Å²) in [6.07, 6.45) is 3.71. The number of nitrogens with zero attached hydrogens (tertiary/aromatic N) is 5. The molecule has 150 valence electrons. The third-order valence-electron chi connectivity index (χ3n) is 5.17. The van der Waals surface area contributed by atoms with Gasteiger partial charge in [0.25, 0.3) is 0 Å². The van der Waals surface area contributed by atoms with Crippen LogP contribution >= 0.6 is 0 Å². The molecule has 7 nitrogen and oxygen atoms in total. The van der Waals surface area contributed by atoms with Gasteiger partial charge in [-0.25, -0.2) is 4.68 Å². The highest BCUT2D eigenvalue weighted by Crippen LogP contribution is 2.27. The van der Waals surface area contributed by atoms with Crippen molar-refractivity contribution >= 4 is 11.6 Å². The number of aromatic nitrogens is 2. The second-order valence-electron chi connectivity index (χ2n) is 6.98. The van der Waals surface area contributed by atoms with E-state index in [-0.39, 0.29) is 0 Å². The highest BCUT2D eigenvalue weighted by Gasteiger charge is 2.21. The molecule has 0 unspecified atom stereocenters. The van der Waals surface area contributed by atoms with Gasteiger partial charge in [0.1, 0.15) is 5.75 Å². The molecule has 0 spiro atoms. The van der Waals surface area contributed by atoms with Crippen LogP contribution in [0.2, 0.25) is 0 Å². The van der Waals surface area contributed by atoms with Crippen molar-refractivity contribution in [1.29, 1.82) is 0 Å². The van der Waals surface area contributed by atoms with E-state index in [1.54, 1.807) is 12.3 Å². The number of hydrogen-bond donors (Lipinski definition) is 2. The number of anilines is 1. The van der Waals surface area contributed by atoms with Gasteiger partial charge in [-0.3, -0.25) is 4.99 Å². The van der Waals surface area contributed by atoms with Crippen LogP contribution in [0.4, 0.5) is 5.69 Å². The molecule has 1 saturated heterocycles. The van der Waals surface area contributed by atoms with Crippen LogP contribution in [0.25, 0.3) is 5.69 Å². The molecule has 1 fully saturated rings. The van der Waals surface area contributed by atoms with Crippen molar-refractivity contribution in [1.82, 2.24) is 20.0 Å². The summed E-state index contributed by atoms with van der Waals surface area (Å²) >= 11 is 0. The normalized spacial score (nSPS) is 14.9. The fraction of sp³-hybridized carbons (Fsp3) is 0.273. The first kappa shape index (κ1) is 18.9. The molecule has 0 saturated carbocycles. The van der Waals surface area contributed by atoms with Gasteiger partial charge >= 0.3 is 0 Å². The number of nitrogens with one attached hydrogen (secondary N) is 1. The van der Waals surface area contributed by atoms with Crippen LogP contribution in [-0.4, -0.2) is 59.0 Å². The molecule has 7 heteroatoms. The maximum Gasteiger partial charge on any atom is 0.194 e. The van der Waals surface area contributed by atoms with E-state index in [1.165, 1.54) is 5.56 Å². The molecular formula is C22H26N6O. The average Bonchev–Trinajstić information content (AvgIpc) is 3.30. The molecule has 2 N–H and O–H groups in total. The zero-order valence-corrected chi connectivity index (χ0v) is 16.6. The number of phenolic OH excluding ortho intramolecular Hbond substituents is 1. The number of benzene rings is 2. The van der Waals surface area contributed by atoms with Gasteiger partial charge in [-0.15, -0.1) is 0 Å². The predicted molar refractivity (Wildman–Crippen MR) is 116 cm³/mol. The second-order valence-corrected chi connectivity index (χ2v) is 6.98. The number of hydrogen-bond acceptors (Lipinski definition) is 4. The topological polar surface area (TPSA) is 68.9 Å². The number of aliphatic imine (C=N–C) groups is 1. The Bertz CT molecular complexity index is 944. The SMILES string of the molecule is CN=C(NCc1ccc(-n2cccn2)cc1)N1CCN(c2ccccc2O)CC1. The summed E-state index contributed by atoms with van der Waals surface area (Å²) < 4.78 is 1.85. The van der Waals surface area contributed by atoms with Gasteiger partial charge in [0.15, 0.2) is 5.96 Å².